The topological polar surface area (TPSA) is 86.8 Å². The van der Waals surface area contributed by atoms with Crippen LogP contribution in [-0.4, -0.2) is 68.4 Å². The van der Waals surface area contributed by atoms with Crippen LogP contribution in [0.15, 0.2) is 24.3 Å². The van der Waals surface area contributed by atoms with Gasteiger partial charge in [0.15, 0.2) is 0 Å². The van der Waals surface area contributed by atoms with Crippen LogP contribution in [0.1, 0.15) is 10.4 Å². The second kappa shape index (κ2) is 7.05. The molecule has 1 aliphatic heterocycles. The summed E-state index contributed by atoms with van der Waals surface area (Å²) in [6.45, 7) is 0.888. The van der Waals surface area contributed by atoms with Crippen molar-refractivity contribution >= 4 is 21.8 Å². The third-order valence-corrected chi connectivity index (χ3v) is 4.87. The number of hydrogen-bond acceptors (Lipinski definition) is 4. The molecule has 0 unspecified atom stereocenters. The maximum absolute atomic E-state index is 12.8. The summed E-state index contributed by atoms with van der Waals surface area (Å²) in [6, 6.07) is 5.00. The van der Waals surface area contributed by atoms with E-state index in [0.29, 0.717) is 13.1 Å². The lowest BCUT2D eigenvalue weighted by molar-refractivity contribution is -0.131. The van der Waals surface area contributed by atoms with Crippen molar-refractivity contribution < 1.29 is 22.4 Å². The van der Waals surface area contributed by atoms with Gasteiger partial charge in [-0.2, -0.15) is 4.31 Å². The molecule has 1 N–H and O–H groups in total. The highest BCUT2D eigenvalue weighted by molar-refractivity contribution is 7.88. The van der Waals surface area contributed by atoms with Crippen LogP contribution in [-0.2, 0) is 14.8 Å². The molecule has 1 saturated heterocycles. The van der Waals surface area contributed by atoms with Crippen molar-refractivity contribution in [3.63, 3.8) is 0 Å². The molecule has 2 amide bonds. The van der Waals surface area contributed by atoms with Crippen LogP contribution in [0.3, 0.4) is 0 Å². The third kappa shape index (κ3) is 4.73. The Kier molecular flexibility index (Phi) is 5.32. The lowest BCUT2D eigenvalue weighted by Gasteiger charge is -2.33. The maximum Gasteiger partial charge on any atom is 0.251 e. The third-order valence-electron chi connectivity index (χ3n) is 3.57. The Morgan fingerprint density at radius 2 is 1.70 bits per heavy atom. The Morgan fingerprint density at radius 1 is 1.13 bits per heavy atom. The van der Waals surface area contributed by atoms with Crippen LogP contribution >= 0.6 is 0 Å². The molecule has 1 fully saturated rings. The number of nitrogens with zero attached hydrogens (tertiary/aromatic N) is 2. The molecule has 9 heteroatoms. The number of nitrogens with one attached hydrogen (secondary N) is 1. The van der Waals surface area contributed by atoms with Gasteiger partial charge in [-0.3, -0.25) is 9.59 Å². The SMILES string of the molecule is CS(=O)(=O)N1CCN(C(=O)CNC(=O)c2ccc(F)cc2)CC1. The molecule has 0 radical (unpaired) electrons. The molecule has 0 bridgehead atoms. The number of hydrogen-bond donors (Lipinski definition) is 1. The zero-order valence-electron chi connectivity index (χ0n) is 12.7. The Balaban J connectivity index is 1.82. The Morgan fingerprint density at radius 3 is 2.22 bits per heavy atom. The van der Waals surface area contributed by atoms with Gasteiger partial charge in [0, 0.05) is 31.7 Å². The summed E-state index contributed by atoms with van der Waals surface area (Å²) < 4.78 is 36.9. The van der Waals surface area contributed by atoms with E-state index in [-0.39, 0.29) is 31.1 Å². The Hall–Kier alpha value is -2.00. The van der Waals surface area contributed by atoms with Gasteiger partial charge in [-0.25, -0.2) is 12.8 Å². The molecule has 1 aliphatic rings. The van der Waals surface area contributed by atoms with E-state index in [1.54, 1.807) is 0 Å². The van der Waals surface area contributed by atoms with E-state index in [9.17, 15) is 22.4 Å². The molecule has 1 aromatic carbocycles. The highest BCUT2D eigenvalue weighted by atomic mass is 32.2. The van der Waals surface area contributed by atoms with E-state index < -0.39 is 21.7 Å². The van der Waals surface area contributed by atoms with Crippen molar-refractivity contribution in [2.24, 2.45) is 0 Å². The van der Waals surface area contributed by atoms with Crippen LogP contribution in [0.5, 0.6) is 0 Å². The summed E-state index contributed by atoms with van der Waals surface area (Å²) in [5, 5.41) is 2.47. The Bertz CT molecular complexity index is 682. The van der Waals surface area contributed by atoms with Crippen LogP contribution < -0.4 is 5.32 Å². The fraction of sp³-hybridized carbons (Fsp3) is 0.429. The lowest BCUT2D eigenvalue weighted by Crippen LogP contribution is -2.52. The normalized spacial score (nSPS) is 16.2. The van der Waals surface area contributed by atoms with E-state index in [4.69, 9.17) is 0 Å². The fourth-order valence-electron chi connectivity index (χ4n) is 2.24. The smallest absolute Gasteiger partial charge is 0.251 e. The molecule has 23 heavy (non-hydrogen) atoms. The van der Waals surface area contributed by atoms with Gasteiger partial charge in [0.1, 0.15) is 5.82 Å². The molecule has 0 spiro atoms. The highest BCUT2D eigenvalue weighted by Crippen LogP contribution is 2.06. The van der Waals surface area contributed by atoms with Crippen molar-refractivity contribution in [3.05, 3.63) is 35.6 Å². The van der Waals surface area contributed by atoms with Gasteiger partial charge in [-0.05, 0) is 24.3 Å². The van der Waals surface area contributed by atoms with E-state index in [2.05, 4.69) is 5.32 Å². The molecule has 1 aromatic rings. The molecule has 0 aromatic heterocycles. The van der Waals surface area contributed by atoms with Crippen molar-refractivity contribution in [2.75, 3.05) is 39.0 Å². The molecule has 0 aliphatic carbocycles. The average molecular weight is 343 g/mol. The number of rotatable bonds is 4. The first-order chi connectivity index (χ1) is 10.8. The quantitative estimate of drug-likeness (QED) is 0.810. The zero-order chi connectivity index (χ0) is 17.0. The Labute approximate surface area is 134 Å². The predicted molar refractivity (Wildman–Crippen MR) is 81.7 cm³/mol. The summed E-state index contributed by atoms with van der Waals surface area (Å²) in [5.41, 5.74) is 0.265. The first kappa shape index (κ1) is 17.4. The van der Waals surface area contributed by atoms with E-state index in [1.807, 2.05) is 0 Å². The minimum Gasteiger partial charge on any atom is -0.343 e. The number of amides is 2. The summed E-state index contributed by atoms with van der Waals surface area (Å²) in [4.78, 5) is 25.4. The van der Waals surface area contributed by atoms with Gasteiger partial charge in [0.25, 0.3) is 5.91 Å². The van der Waals surface area contributed by atoms with Crippen LogP contribution in [0, 0.1) is 5.82 Å². The van der Waals surface area contributed by atoms with Crippen molar-refractivity contribution in [1.82, 2.24) is 14.5 Å². The number of piperazine rings is 1. The first-order valence-electron chi connectivity index (χ1n) is 7.04. The minimum atomic E-state index is -3.25. The number of carbonyl (C=O) groups is 2. The standard InChI is InChI=1S/C14H18FN3O4S/c1-23(21,22)18-8-6-17(7-9-18)13(19)10-16-14(20)11-2-4-12(15)5-3-11/h2-5H,6-10H2,1H3,(H,16,20). The largest absolute Gasteiger partial charge is 0.343 e. The summed E-state index contributed by atoms with van der Waals surface area (Å²) in [6.07, 6.45) is 1.13. The second-order valence-electron chi connectivity index (χ2n) is 5.23. The molecule has 1 heterocycles. The average Bonchev–Trinajstić information content (AvgIpc) is 2.52. The molecule has 2 rings (SSSR count). The lowest BCUT2D eigenvalue weighted by atomic mass is 10.2. The summed E-state index contributed by atoms with van der Waals surface area (Å²) >= 11 is 0. The molecular formula is C14H18FN3O4S. The van der Waals surface area contributed by atoms with Crippen molar-refractivity contribution in [1.29, 1.82) is 0 Å². The predicted octanol–water partition coefficient (Wildman–Crippen LogP) is -0.341. The molecule has 126 valence electrons. The van der Waals surface area contributed by atoms with Gasteiger partial charge in [-0.1, -0.05) is 0 Å². The molecule has 7 nitrogen and oxygen atoms in total. The van der Waals surface area contributed by atoms with Crippen LogP contribution in [0.4, 0.5) is 4.39 Å². The van der Waals surface area contributed by atoms with Crippen LogP contribution in [0.25, 0.3) is 0 Å². The van der Waals surface area contributed by atoms with Crippen LogP contribution in [0.2, 0.25) is 0 Å². The van der Waals surface area contributed by atoms with Crippen molar-refractivity contribution in [3.8, 4) is 0 Å². The molecule has 0 saturated carbocycles. The first-order valence-corrected chi connectivity index (χ1v) is 8.89. The van der Waals surface area contributed by atoms with Gasteiger partial charge in [-0.15, -0.1) is 0 Å². The monoisotopic (exact) mass is 343 g/mol. The number of carbonyl (C=O) groups excluding carboxylic acids is 2. The van der Waals surface area contributed by atoms with Gasteiger partial charge in [0.2, 0.25) is 15.9 Å². The fourth-order valence-corrected chi connectivity index (χ4v) is 3.07. The summed E-state index contributed by atoms with van der Waals surface area (Å²) in [5.74, 6) is -1.19. The zero-order valence-corrected chi connectivity index (χ0v) is 13.5. The summed E-state index contributed by atoms with van der Waals surface area (Å²) in [7, 11) is -3.25. The van der Waals surface area contributed by atoms with E-state index in [0.717, 1.165) is 6.26 Å². The van der Waals surface area contributed by atoms with E-state index >= 15 is 0 Å². The second-order valence-corrected chi connectivity index (χ2v) is 7.21. The number of benzene rings is 1. The maximum atomic E-state index is 12.8. The van der Waals surface area contributed by atoms with Crippen molar-refractivity contribution in [2.45, 2.75) is 0 Å². The minimum absolute atomic E-state index is 0.185. The number of halogens is 1. The number of sulfonamides is 1. The molecule has 0 atom stereocenters. The molecular weight excluding hydrogens is 325 g/mol. The highest BCUT2D eigenvalue weighted by Gasteiger charge is 2.26. The van der Waals surface area contributed by atoms with E-state index in [1.165, 1.54) is 33.5 Å². The van der Waals surface area contributed by atoms with Gasteiger partial charge < -0.3 is 10.2 Å². The van der Waals surface area contributed by atoms with Gasteiger partial charge in [0.05, 0.1) is 12.8 Å². The van der Waals surface area contributed by atoms with Gasteiger partial charge >= 0.3 is 0 Å².